The van der Waals surface area contributed by atoms with Gasteiger partial charge in [0, 0.05) is 11.6 Å². The van der Waals surface area contributed by atoms with Crippen molar-refractivity contribution in [2.75, 3.05) is 5.32 Å². The maximum absolute atomic E-state index is 13.0. The van der Waals surface area contributed by atoms with Gasteiger partial charge in [-0.2, -0.15) is 5.10 Å². The van der Waals surface area contributed by atoms with Crippen molar-refractivity contribution >= 4 is 22.4 Å². The third-order valence-electron chi connectivity index (χ3n) is 4.96. The number of para-hydroxylation sites is 1. The van der Waals surface area contributed by atoms with Crippen LogP contribution in [0.15, 0.2) is 78.9 Å². The molecule has 1 N–H and O–H groups in total. The van der Waals surface area contributed by atoms with Crippen molar-refractivity contribution in [1.82, 2.24) is 9.78 Å². The van der Waals surface area contributed by atoms with Crippen LogP contribution in [0, 0.1) is 0 Å². The molecule has 0 bridgehead atoms. The number of aromatic nitrogens is 2. The van der Waals surface area contributed by atoms with E-state index in [4.69, 9.17) is 5.10 Å². The normalized spacial score (nSPS) is 13.6. The van der Waals surface area contributed by atoms with Crippen LogP contribution in [0.2, 0.25) is 0 Å². The van der Waals surface area contributed by atoms with Crippen molar-refractivity contribution < 1.29 is 4.79 Å². The maximum Gasteiger partial charge on any atom is 0.274 e. The Bertz CT molecular complexity index is 1130. The van der Waals surface area contributed by atoms with Crippen LogP contribution in [0.1, 0.15) is 34.9 Å². The number of hydrogen-bond acceptors (Lipinski definition) is 2. The number of rotatable bonds is 4. The van der Waals surface area contributed by atoms with Crippen LogP contribution in [-0.2, 0) is 0 Å². The minimum absolute atomic E-state index is 0.145. The van der Waals surface area contributed by atoms with Gasteiger partial charge in [0.05, 0.1) is 11.4 Å². The number of anilines is 1. The van der Waals surface area contributed by atoms with Crippen LogP contribution >= 0.6 is 0 Å². The smallest absolute Gasteiger partial charge is 0.274 e. The first-order valence-corrected chi connectivity index (χ1v) is 9.23. The van der Waals surface area contributed by atoms with Gasteiger partial charge >= 0.3 is 0 Å². The van der Waals surface area contributed by atoms with Crippen molar-refractivity contribution in [2.24, 2.45) is 0 Å². The first-order chi connectivity index (χ1) is 13.3. The van der Waals surface area contributed by atoms with Gasteiger partial charge in [0.2, 0.25) is 0 Å². The Hall–Kier alpha value is -3.40. The second kappa shape index (κ2) is 6.40. The van der Waals surface area contributed by atoms with Crippen molar-refractivity contribution in [1.29, 1.82) is 0 Å². The number of benzene rings is 3. The SMILES string of the molecule is O=C(Nc1ccc2ccccc2c1)c1cc(C2CC2)nn1-c1ccccc1. The molecule has 1 heterocycles. The van der Waals surface area contributed by atoms with E-state index < -0.39 is 0 Å². The molecule has 132 valence electrons. The van der Waals surface area contributed by atoms with Gasteiger partial charge in [0.1, 0.15) is 5.69 Å². The summed E-state index contributed by atoms with van der Waals surface area (Å²) in [5.41, 5.74) is 3.25. The van der Waals surface area contributed by atoms with Crippen molar-refractivity contribution in [3.8, 4) is 5.69 Å². The van der Waals surface area contributed by atoms with Gasteiger partial charge in [-0.3, -0.25) is 4.79 Å². The highest BCUT2D eigenvalue weighted by Crippen LogP contribution is 2.39. The largest absolute Gasteiger partial charge is 0.321 e. The highest BCUT2D eigenvalue weighted by atomic mass is 16.2. The molecular weight excluding hydrogens is 334 g/mol. The number of amides is 1. The first kappa shape index (κ1) is 15.8. The number of fused-ring (bicyclic) bond motifs is 1. The molecule has 1 aliphatic carbocycles. The van der Waals surface area contributed by atoms with Gasteiger partial charge in [-0.05, 0) is 53.9 Å². The van der Waals surface area contributed by atoms with Crippen molar-refractivity contribution in [3.05, 3.63) is 90.3 Å². The molecule has 4 aromatic rings. The lowest BCUT2D eigenvalue weighted by atomic mass is 10.1. The molecule has 1 fully saturated rings. The predicted molar refractivity (Wildman–Crippen MR) is 107 cm³/mol. The summed E-state index contributed by atoms with van der Waals surface area (Å²) >= 11 is 0. The van der Waals surface area contributed by atoms with Crippen LogP contribution < -0.4 is 5.32 Å². The van der Waals surface area contributed by atoms with Crippen LogP contribution in [-0.4, -0.2) is 15.7 Å². The molecule has 1 aliphatic rings. The molecule has 4 nitrogen and oxygen atoms in total. The molecule has 0 saturated heterocycles. The fourth-order valence-corrected chi connectivity index (χ4v) is 3.37. The van der Waals surface area contributed by atoms with E-state index in [2.05, 4.69) is 11.4 Å². The second-order valence-electron chi connectivity index (χ2n) is 6.99. The zero-order valence-corrected chi connectivity index (χ0v) is 14.8. The quantitative estimate of drug-likeness (QED) is 0.551. The minimum Gasteiger partial charge on any atom is -0.321 e. The molecular formula is C23H19N3O. The van der Waals surface area contributed by atoms with E-state index in [-0.39, 0.29) is 5.91 Å². The van der Waals surface area contributed by atoms with Gasteiger partial charge in [-0.1, -0.05) is 48.5 Å². The number of carbonyl (C=O) groups is 1. The van der Waals surface area contributed by atoms with Gasteiger partial charge < -0.3 is 5.32 Å². The lowest BCUT2D eigenvalue weighted by Gasteiger charge is -2.09. The predicted octanol–water partition coefficient (Wildman–Crippen LogP) is 5.16. The summed E-state index contributed by atoms with van der Waals surface area (Å²) in [5, 5.41) is 10.0. The van der Waals surface area contributed by atoms with Gasteiger partial charge in [-0.15, -0.1) is 0 Å². The van der Waals surface area contributed by atoms with E-state index in [1.165, 1.54) is 0 Å². The molecule has 1 amide bonds. The van der Waals surface area contributed by atoms with E-state index in [0.29, 0.717) is 11.6 Å². The summed E-state index contributed by atoms with van der Waals surface area (Å²) in [4.78, 5) is 13.0. The van der Waals surface area contributed by atoms with Crippen LogP contribution in [0.4, 0.5) is 5.69 Å². The molecule has 0 radical (unpaired) electrons. The van der Waals surface area contributed by atoms with E-state index in [1.807, 2.05) is 72.8 Å². The fourth-order valence-electron chi connectivity index (χ4n) is 3.37. The Kier molecular flexibility index (Phi) is 3.75. The molecule has 27 heavy (non-hydrogen) atoms. The minimum atomic E-state index is -0.145. The number of nitrogens with one attached hydrogen (secondary N) is 1. The Morgan fingerprint density at radius 1 is 0.889 bits per heavy atom. The molecule has 1 saturated carbocycles. The fraction of sp³-hybridized carbons (Fsp3) is 0.130. The van der Waals surface area contributed by atoms with E-state index >= 15 is 0 Å². The molecule has 0 unspecified atom stereocenters. The highest BCUT2D eigenvalue weighted by Gasteiger charge is 2.29. The van der Waals surface area contributed by atoms with E-state index in [9.17, 15) is 4.79 Å². The number of hydrogen-bond donors (Lipinski definition) is 1. The standard InChI is InChI=1S/C23H19N3O/c27-23(24-19-13-12-16-6-4-5-7-18(16)14-19)22-15-21(17-10-11-17)25-26(22)20-8-2-1-3-9-20/h1-9,12-15,17H,10-11H2,(H,24,27). The monoisotopic (exact) mass is 353 g/mol. The van der Waals surface area contributed by atoms with Gasteiger partial charge in [0.15, 0.2) is 0 Å². The van der Waals surface area contributed by atoms with Crippen molar-refractivity contribution in [3.63, 3.8) is 0 Å². The summed E-state index contributed by atoms with van der Waals surface area (Å²) in [6.07, 6.45) is 2.30. The molecule has 3 aromatic carbocycles. The Labute approximate surface area is 157 Å². The van der Waals surface area contributed by atoms with Gasteiger partial charge in [-0.25, -0.2) is 4.68 Å². The Balaban J connectivity index is 1.50. The summed E-state index contributed by atoms with van der Waals surface area (Å²) in [6, 6.07) is 25.8. The third kappa shape index (κ3) is 3.10. The summed E-state index contributed by atoms with van der Waals surface area (Å²) in [5.74, 6) is 0.343. The van der Waals surface area contributed by atoms with Crippen LogP contribution in [0.25, 0.3) is 16.5 Å². The van der Waals surface area contributed by atoms with Crippen LogP contribution in [0.3, 0.4) is 0 Å². The van der Waals surface area contributed by atoms with Crippen molar-refractivity contribution in [2.45, 2.75) is 18.8 Å². The van der Waals surface area contributed by atoms with E-state index in [1.54, 1.807) is 4.68 Å². The highest BCUT2D eigenvalue weighted by molar-refractivity contribution is 6.04. The lowest BCUT2D eigenvalue weighted by Crippen LogP contribution is -2.16. The first-order valence-electron chi connectivity index (χ1n) is 9.23. The zero-order chi connectivity index (χ0) is 18.2. The molecule has 0 atom stereocenters. The second-order valence-corrected chi connectivity index (χ2v) is 6.99. The number of carbonyl (C=O) groups excluding carboxylic acids is 1. The topological polar surface area (TPSA) is 46.9 Å². The van der Waals surface area contributed by atoms with Gasteiger partial charge in [0.25, 0.3) is 5.91 Å². The maximum atomic E-state index is 13.0. The Morgan fingerprint density at radius 2 is 1.63 bits per heavy atom. The third-order valence-corrected chi connectivity index (χ3v) is 4.96. The van der Waals surface area contributed by atoms with E-state index in [0.717, 1.165) is 40.7 Å². The average molecular weight is 353 g/mol. The summed E-state index contributed by atoms with van der Waals surface area (Å²) in [6.45, 7) is 0. The van der Waals surface area contributed by atoms with Crippen LogP contribution in [0.5, 0.6) is 0 Å². The number of nitrogens with zero attached hydrogens (tertiary/aromatic N) is 2. The average Bonchev–Trinajstić information content (AvgIpc) is 3.47. The molecule has 4 heteroatoms. The molecule has 0 spiro atoms. The summed E-state index contributed by atoms with van der Waals surface area (Å²) in [7, 11) is 0. The molecule has 5 rings (SSSR count). The molecule has 0 aliphatic heterocycles. The zero-order valence-electron chi connectivity index (χ0n) is 14.8. The summed E-state index contributed by atoms with van der Waals surface area (Å²) < 4.78 is 1.75. The lowest BCUT2D eigenvalue weighted by molar-refractivity contribution is 0.101. The molecule has 1 aromatic heterocycles. The Morgan fingerprint density at radius 3 is 2.41 bits per heavy atom.